The highest BCUT2D eigenvalue weighted by atomic mass is 35.5. The van der Waals surface area contributed by atoms with Crippen molar-refractivity contribution in [2.75, 3.05) is 5.32 Å². The van der Waals surface area contributed by atoms with Crippen LogP contribution in [0.5, 0.6) is 0 Å². The quantitative estimate of drug-likeness (QED) is 0.510. The molecule has 98 valence electrons. The predicted molar refractivity (Wildman–Crippen MR) is 87.5 cm³/mol. The van der Waals surface area contributed by atoms with Gasteiger partial charge < -0.3 is 5.32 Å². The fourth-order valence-corrected chi connectivity index (χ4v) is 2.33. The van der Waals surface area contributed by atoms with Crippen LogP contribution in [-0.2, 0) is 0 Å². The van der Waals surface area contributed by atoms with Crippen LogP contribution < -0.4 is 10.7 Å². The Balaban J connectivity index is 1.93. The Hall–Kier alpha value is -1.43. The molecule has 0 fully saturated rings. The van der Waals surface area contributed by atoms with E-state index >= 15 is 0 Å². The predicted octanol–water partition coefficient (Wildman–Crippen LogP) is 4.03. The van der Waals surface area contributed by atoms with Gasteiger partial charge in [-0.1, -0.05) is 23.7 Å². The Labute approximate surface area is 126 Å². The lowest BCUT2D eigenvalue weighted by molar-refractivity contribution is 1.05. The molecule has 2 aromatic rings. The number of hydrogen-bond donors (Lipinski definition) is 2. The summed E-state index contributed by atoms with van der Waals surface area (Å²) in [6, 6.07) is 9.58. The van der Waals surface area contributed by atoms with Crippen molar-refractivity contribution in [2.24, 2.45) is 5.10 Å². The Bertz CT molecular complexity index is 594. The Kier molecular flexibility index (Phi) is 4.90. The van der Waals surface area contributed by atoms with Crippen molar-refractivity contribution in [3.8, 4) is 0 Å². The third-order valence-electron chi connectivity index (χ3n) is 2.42. The molecule has 1 heterocycles. The van der Waals surface area contributed by atoms with Crippen LogP contribution in [0.4, 0.5) is 5.69 Å². The number of nitrogens with zero attached hydrogens (tertiary/aromatic N) is 1. The molecular weight excluding hydrogens is 298 g/mol. The highest BCUT2D eigenvalue weighted by Gasteiger charge is 2.03. The van der Waals surface area contributed by atoms with Crippen molar-refractivity contribution < 1.29 is 0 Å². The van der Waals surface area contributed by atoms with Gasteiger partial charge in [-0.05, 0) is 48.3 Å². The maximum absolute atomic E-state index is 6.04. The fraction of sp³-hybridized carbons (Fsp3) is 0.0769. The first-order valence-corrected chi connectivity index (χ1v) is 7.22. The molecule has 3 nitrogen and oxygen atoms in total. The summed E-state index contributed by atoms with van der Waals surface area (Å²) in [5, 5.41) is 10.2. The average Bonchev–Trinajstić information content (AvgIpc) is 2.88. The number of hydrazone groups is 1. The first-order chi connectivity index (χ1) is 9.16. The second kappa shape index (κ2) is 6.65. The third-order valence-corrected chi connectivity index (χ3v) is 3.83. The molecule has 0 aliphatic heterocycles. The van der Waals surface area contributed by atoms with E-state index in [1.807, 2.05) is 42.6 Å². The van der Waals surface area contributed by atoms with Crippen LogP contribution in [0, 0.1) is 6.92 Å². The van der Waals surface area contributed by atoms with E-state index in [2.05, 4.69) is 15.8 Å². The van der Waals surface area contributed by atoms with Gasteiger partial charge in [0.2, 0.25) is 0 Å². The van der Waals surface area contributed by atoms with Gasteiger partial charge in [0, 0.05) is 15.6 Å². The van der Waals surface area contributed by atoms with Crippen LogP contribution in [-0.4, -0.2) is 11.3 Å². The Morgan fingerprint density at radius 1 is 1.37 bits per heavy atom. The third kappa shape index (κ3) is 4.02. The van der Waals surface area contributed by atoms with Gasteiger partial charge in [-0.15, -0.1) is 11.3 Å². The Morgan fingerprint density at radius 2 is 2.21 bits per heavy atom. The number of benzene rings is 1. The highest BCUT2D eigenvalue weighted by molar-refractivity contribution is 7.80. The molecule has 0 radical (unpaired) electrons. The molecule has 0 saturated heterocycles. The monoisotopic (exact) mass is 309 g/mol. The van der Waals surface area contributed by atoms with Crippen molar-refractivity contribution >= 4 is 52.2 Å². The lowest BCUT2D eigenvalue weighted by Gasteiger charge is -2.10. The Morgan fingerprint density at radius 3 is 2.95 bits per heavy atom. The summed E-state index contributed by atoms with van der Waals surface area (Å²) >= 11 is 12.8. The van der Waals surface area contributed by atoms with E-state index < -0.39 is 0 Å². The summed E-state index contributed by atoms with van der Waals surface area (Å²) in [6.07, 6.45) is 1.73. The summed E-state index contributed by atoms with van der Waals surface area (Å²) in [6.45, 7) is 1.93. The van der Waals surface area contributed by atoms with E-state index in [0.717, 1.165) is 16.1 Å². The number of hydrogen-bond acceptors (Lipinski definition) is 3. The zero-order valence-corrected chi connectivity index (χ0v) is 12.6. The molecule has 0 bridgehead atoms. The summed E-state index contributed by atoms with van der Waals surface area (Å²) < 4.78 is 0. The molecule has 0 aliphatic carbocycles. The zero-order valence-electron chi connectivity index (χ0n) is 10.2. The SMILES string of the molecule is Cc1c(Cl)cccc1NC(=S)N/N=C/c1cccs1. The zero-order chi connectivity index (χ0) is 13.7. The smallest absolute Gasteiger partial charge is 0.191 e. The first-order valence-electron chi connectivity index (χ1n) is 5.55. The molecule has 2 rings (SSSR count). The number of rotatable bonds is 3. The highest BCUT2D eigenvalue weighted by Crippen LogP contribution is 2.22. The second-order valence-corrected chi connectivity index (χ2v) is 5.55. The normalized spacial score (nSPS) is 10.6. The molecule has 19 heavy (non-hydrogen) atoms. The van der Waals surface area contributed by atoms with Gasteiger partial charge in [0.05, 0.1) is 6.21 Å². The van der Waals surface area contributed by atoms with Gasteiger partial charge in [-0.25, -0.2) is 0 Å². The van der Waals surface area contributed by atoms with Gasteiger partial charge >= 0.3 is 0 Å². The van der Waals surface area contributed by atoms with E-state index in [1.54, 1.807) is 17.6 Å². The molecule has 0 atom stereocenters. The maximum atomic E-state index is 6.04. The molecule has 0 amide bonds. The average molecular weight is 310 g/mol. The van der Waals surface area contributed by atoms with Gasteiger partial charge in [0.25, 0.3) is 0 Å². The lowest BCUT2D eigenvalue weighted by atomic mass is 10.2. The molecule has 1 aromatic carbocycles. The lowest BCUT2D eigenvalue weighted by Crippen LogP contribution is -2.24. The van der Waals surface area contributed by atoms with Crippen molar-refractivity contribution in [3.05, 3.63) is 51.2 Å². The molecule has 1 aromatic heterocycles. The minimum atomic E-state index is 0.429. The van der Waals surface area contributed by atoms with Crippen molar-refractivity contribution in [1.82, 2.24) is 5.43 Å². The number of thiophene rings is 1. The van der Waals surface area contributed by atoms with Crippen LogP contribution in [0.1, 0.15) is 10.4 Å². The molecule has 0 spiro atoms. The molecule has 0 saturated carbocycles. The number of thiocarbonyl (C=S) groups is 1. The van der Waals surface area contributed by atoms with Gasteiger partial charge in [0.1, 0.15) is 0 Å². The summed E-state index contributed by atoms with van der Waals surface area (Å²) in [5.74, 6) is 0. The van der Waals surface area contributed by atoms with Crippen molar-refractivity contribution in [2.45, 2.75) is 6.92 Å². The summed E-state index contributed by atoms with van der Waals surface area (Å²) in [7, 11) is 0. The topological polar surface area (TPSA) is 36.4 Å². The van der Waals surface area contributed by atoms with Crippen LogP contribution >= 0.6 is 35.2 Å². The van der Waals surface area contributed by atoms with Gasteiger partial charge in [-0.3, -0.25) is 5.43 Å². The molecule has 2 N–H and O–H groups in total. The number of halogens is 1. The van der Waals surface area contributed by atoms with Crippen LogP contribution in [0.2, 0.25) is 5.02 Å². The van der Waals surface area contributed by atoms with Crippen molar-refractivity contribution in [1.29, 1.82) is 0 Å². The minimum Gasteiger partial charge on any atom is -0.331 e. The largest absolute Gasteiger partial charge is 0.331 e. The van der Waals surface area contributed by atoms with E-state index in [0.29, 0.717) is 10.1 Å². The van der Waals surface area contributed by atoms with E-state index in [4.69, 9.17) is 23.8 Å². The molecular formula is C13H12ClN3S2. The van der Waals surface area contributed by atoms with Gasteiger partial charge in [-0.2, -0.15) is 5.10 Å². The molecule has 0 unspecified atom stereocenters. The van der Waals surface area contributed by atoms with Crippen LogP contribution in [0.15, 0.2) is 40.8 Å². The fourth-order valence-electron chi connectivity index (χ4n) is 1.41. The van der Waals surface area contributed by atoms with E-state index in [-0.39, 0.29) is 0 Å². The van der Waals surface area contributed by atoms with Crippen LogP contribution in [0.25, 0.3) is 0 Å². The second-order valence-electron chi connectivity index (χ2n) is 3.75. The molecule has 6 heteroatoms. The summed E-state index contributed by atoms with van der Waals surface area (Å²) in [4.78, 5) is 1.06. The standard InChI is InChI=1S/C13H12ClN3S2/c1-9-11(14)5-2-6-12(9)16-13(18)17-15-8-10-4-3-7-19-10/h2-8H,1H3,(H2,16,17,18)/b15-8+. The maximum Gasteiger partial charge on any atom is 0.191 e. The molecule has 0 aliphatic rings. The first kappa shape index (κ1) is 14.0. The number of anilines is 1. The van der Waals surface area contributed by atoms with Crippen LogP contribution in [0.3, 0.4) is 0 Å². The van der Waals surface area contributed by atoms with Gasteiger partial charge in [0.15, 0.2) is 5.11 Å². The minimum absolute atomic E-state index is 0.429. The number of nitrogens with one attached hydrogen (secondary N) is 2. The summed E-state index contributed by atoms with van der Waals surface area (Å²) in [5.41, 5.74) is 4.60. The van der Waals surface area contributed by atoms with Crippen molar-refractivity contribution in [3.63, 3.8) is 0 Å². The van der Waals surface area contributed by atoms with E-state index in [1.165, 1.54) is 0 Å². The van der Waals surface area contributed by atoms with E-state index in [9.17, 15) is 0 Å².